The van der Waals surface area contributed by atoms with Crippen molar-refractivity contribution in [3.05, 3.63) is 90.6 Å². The molecule has 9 heteroatoms. The Balaban J connectivity index is 1.62. The highest BCUT2D eigenvalue weighted by atomic mass is 32.2. The highest BCUT2D eigenvalue weighted by Gasteiger charge is 2.11. The van der Waals surface area contributed by atoms with E-state index in [1.807, 2.05) is 36.4 Å². The molecule has 3 aromatic rings. The van der Waals surface area contributed by atoms with Crippen molar-refractivity contribution in [3.63, 3.8) is 0 Å². The van der Waals surface area contributed by atoms with Crippen LogP contribution in [0.15, 0.2) is 95.5 Å². The smallest absolute Gasteiger partial charge is 0.267 e. The Hall–Kier alpha value is -4.13. The predicted octanol–water partition coefficient (Wildman–Crippen LogP) is 3.58. The Labute approximate surface area is 179 Å². The SMILES string of the molecule is N#C/C(=C/Nc1ccc(Oc2ccccc2)cc1)C(=O)Nc1ccc(S(N)(=O)=O)cc1. The lowest BCUT2D eigenvalue weighted by Crippen LogP contribution is -2.15. The average Bonchev–Trinajstić information content (AvgIpc) is 2.76. The molecule has 156 valence electrons. The minimum absolute atomic E-state index is 0.0806. The zero-order valence-electron chi connectivity index (χ0n) is 16.1. The van der Waals surface area contributed by atoms with Gasteiger partial charge in [-0.3, -0.25) is 4.79 Å². The summed E-state index contributed by atoms with van der Waals surface area (Å²) in [6.45, 7) is 0. The summed E-state index contributed by atoms with van der Waals surface area (Å²) in [4.78, 5) is 12.2. The molecule has 4 N–H and O–H groups in total. The maximum Gasteiger partial charge on any atom is 0.267 e. The topological polar surface area (TPSA) is 134 Å². The van der Waals surface area contributed by atoms with Crippen LogP contribution in [0.1, 0.15) is 0 Å². The number of amides is 1. The number of benzene rings is 3. The predicted molar refractivity (Wildman–Crippen MR) is 117 cm³/mol. The summed E-state index contributed by atoms with van der Waals surface area (Å²) in [6, 6.07) is 23.4. The lowest BCUT2D eigenvalue weighted by molar-refractivity contribution is -0.112. The fourth-order valence-electron chi connectivity index (χ4n) is 2.47. The van der Waals surface area contributed by atoms with Gasteiger partial charge in [-0.15, -0.1) is 0 Å². The summed E-state index contributed by atoms with van der Waals surface area (Å²) in [5.74, 6) is 0.702. The fourth-order valence-corrected chi connectivity index (χ4v) is 2.99. The molecule has 0 saturated heterocycles. The summed E-state index contributed by atoms with van der Waals surface area (Å²) in [5, 5.41) is 19.7. The van der Waals surface area contributed by atoms with E-state index in [0.717, 1.165) is 0 Å². The number of nitrogens with zero attached hydrogens (tertiary/aromatic N) is 1. The van der Waals surface area contributed by atoms with Gasteiger partial charge in [0.05, 0.1) is 4.90 Å². The lowest BCUT2D eigenvalue weighted by Gasteiger charge is -2.08. The summed E-state index contributed by atoms with van der Waals surface area (Å²) in [7, 11) is -3.82. The number of carbonyl (C=O) groups is 1. The molecule has 3 rings (SSSR count). The number of hydrogen-bond donors (Lipinski definition) is 3. The normalized spacial score (nSPS) is 11.3. The highest BCUT2D eigenvalue weighted by molar-refractivity contribution is 7.89. The van der Waals surface area contributed by atoms with Crippen molar-refractivity contribution >= 4 is 27.3 Å². The molecule has 3 aromatic carbocycles. The van der Waals surface area contributed by atoms with E-state index in [0.29, 0.717) is 22.9 Å². The first-order valence-corrected chi connectivity index (χ1v) is 10.5. The van der Waals surface area contributed by atoms with Crippen LogP contribution in [0.5, 0.6) is 11.5 Å². The van der Waals surface area contributed by atoms with Gasteiger partial charge >= 0.3 is 0 Å². The third kappa shape index (κ3) is 6.17. The zero-order chi connectivity index (χ0) is 22.3. The molecule has 0 atom stereocenters. The molecule has 0 radical (unpaired) electrons. The average molecular weight is 434 g/mol. The van der Waals surface area contributed by atoms with Crippen LogP contribution in [0, 0.1) is 11.3 Å². The van der Waals surface area contributed by atoms with Crippen LogP contribution in [-0.2, 0) is 14.8 Å². The molecular weight excluding hydrogens is 416 g/mol. The van der Waals surface area contributed by atoms with Crippen molar-refractivity contribution in [2.45, 2.75) is 4.90 Å². The second-order valence-electron chi connectivity index (χ2n) is 6.28. The third-order valence-corrected chi connectivity index (χ3v) is 4.95. The summed E-state index contributed by atoms with van der Waals surface area (Å²) < 4.78 is 28.3. The second kappa shape index (κ2) is 9.58. The minimum Gasteiger partial charge on any atom is -0.457 e. The first kappa shape index (κ1) is 21.6. The molecular formula is C22H18N4O4S. The molecule has 0 saturated carbocycles. The van der Waals surface area contributed by atoms with E-state index in [4.69, 9.17) is 9.88 Å². The van der Waals surface area contributed by atoms with Gasteiger partial charge in [-0.05, 0) is 60.7 Å². The van der Waals surface area contributed by atoms with Crippen molar-refractivity contribution < 1.29 is 17.9 Å². The second-order valence-corrected chi connectivity index (χ2v) is 7.84. The van der Waals surface area contributed by atoms with E-state index in [1.165, 1.54) is 30.5 Å². The standard InChI is InChI=1S/C22H18N4O4S/c23-14-16(22(27)26-18-8-12-21(13-9-18)31(24,28)29)15-25-17-6-10-20(11-7-17)30-19-4-2-1-3-5-19/h1-13,15,25H,(H,26,27)(H2,24,28,29)/b16-15-. The molecule has 1 amide bonds. The van der Waals surface area contributed by atoms with Crippen LogP contribution in [0.25, 0.3) is 0 Å². The van der Waals surface area contributed by atoms with E-state index in [2.05, 4.69) is 10.6 Å². The first-order valence-electron chi connectivity index (χ1n) is 8.99. The van der Waals surface area contributed by atoms with Crippen LogP contribution in [0.3, 0.4) is 0 Å². The zero-order valence-corrected chi connectivity index (χ0v) is 17.0. The number of anilines is 2. The number of nitrogens with two attached hydrogens (primary N) is 1. The first-order chi connectivity index (χ1) is 14.8. The molecule has 0 fully saturated rings. The molecule has 0 aliphatic heterocycles. The molecule has 31 heavy (non-hydrogen) atoms. The van der Waals surface area contributed by atoms with Gasteiger partial charge in [-0.1, -0.05) is 18.2 Å². The van der Waals surface area contributed by atoms with Crippen LogP contribution in [-0.4, -0.2) is 14.3 Å². The summed E-state index contributed by atoms with van der Waals surface area (Å²) in [6.07, 6.45) is 1.28. The van der Waals surface area contributed by atoms with Gasteiger partial charge in [0.2, 0.25) is 10.0 Å². The number of hydrogen-bond acceptors (Lipinski definition) is 6. The van der Waals surface area contributed by atoms with Crippen LogP contribution in [0.4, 0.5) is 11.4 Å². The van der Waals surface area contributed by atoms with Crippen LogP contribution < -0.4 is 20.5 Å². The van der Waals surface area contributed by atoms with E-state index in [9.17, 15) is 18.5 Å². The summed E-state index contributed by atoms with van der Waals surface area (Å²) in [5.41, 5.74) is 0.805. The quantitative estimate of drug-likeness (QED) is 0.384. The number of ether oxygens (including phenoxy) is 1. The Kier molecular flexibility index (Phi) is 6.67. The van der Waals surface area contributed by atoms with Crippen molar-refractivity contribution in [1.29, 1.82) is 5.26 Å². The molecule has 0 aliphatic rings. The van der Waals surface area contributed by atoms with Gasteiger partial charge in [0, 0.05) is 17.6 Å². The van der Waals surface area contributed by atoms with Crippen LogP contribution in [0.2, 0.25) is 0 Å². The van der Waals surface area contributed by atoms with Crippen molar-refractivity contribution in [2.24, 2.45) is 5.14 Å². The van der Waals surface area contributed by atoms with Crippen molar-refractivity contribution in [1.82, 2.24) is 0 Å². The molecule has 0 aromatic heterocycles. The molecule has 0 unspecified atom stereocenters. The Bertz CT molecular complexity index is 1230. The number of sulfonamides is 1. The van der Waals surface area contributed by atoms with Gasteiger partial charge in [-0.25, -0.2) is 13.6 Å². The number of nitrogens with one attached hydrogen (secondary N) is 2. The number of primary sulfonamides is 1. The highest BCUT2D eigenvalue weighted by Crippen LogP contribution is 2.22. The van der Waals surface area contributed by atoms with Gasteiger partial charge in [0.25, 0.3) is 5.91 Å². The van der Waals surface area contributed by atoms with E-state index in [1.54, 1.807) is 24.3 Å². The third-order valence-electron chi connectivity index (χ3n) is 4.02. The summed E-state index contributed by atoms with van der Waals surface area (Å²) >= 11 is 0. The largest absolute Gasteiger partial charge is 0.457 e. The number of carbonyl (C=O) groups excluding carboxylic acids is 1. The Morgan fingerprint density at radius 3 is 2.06 bits per heavy atom. The Morgan fingerprint density at radius 1 is 0.903 bits per heavy atom. The monoisotopic (exact) mass is 434 g/mol. The maximum atomic E-state index is 12.3. The lowest BCUT2D eigenvalue weighted by atomic mass is 10.2. The molecule has 0 spiro atoms. The Morgan fingerprint density at radius 2 is 1.48 bits per heavy atom. The molecule has 0 heterocycles. The molecule has 0 aliphatic carbocycles. The minimum atomic E-state index is -3.82. The molecule has 8 nitrogen and oxygen atoms in total. The van der Waals surface area contributed by atoms with Gasteiger partial charge in [-0.2, -0.15) is 5.26 Å². The molecule has 0 bridgehead atoms. The van der Waals surface area contributed by atoms with Gasteiger partial charge in [0.15, 0.2) is 0 Å². The van der Waals surface area contributed by atoms with Crippen molar-refractivity contribution in [3.8, 4) is 17.6 Å². The van der Waals surface area contributed by atoms with Crippen LogP contribution >= 0.6 is 0 Å². The van der Waals surface area contributed by atoms with Gasteiger partial charge < -0.3 is 15.4 Å². The van der Waals surface area contributed by atoms with Crippen molar-refractivity contribution in [2.75, 3.05) is 10.6 Å². The van der Waals surface area contributed by atoms with E-state index < -0.39 is 15.9 Å². The van der Waals surface area contributed by atoms with E-state index in [-0.39, 0.29) is 10.5 Å². The maximum absolute atomic E-state index is 12.3. The number of para-hydroxylation sites is 1. The fraction of sp³-hybridized carbons (Fsp3) is 0. The van der Waals surface area contributed by atoms with E-state index >= 15 is 0 Å². The van der Waals surface area contributed by atoms with Gasteiger partial charge in [0.1, 0.15) is 23.1 Å². The number of rotatable bonds is 7. The number of nitriles is 1.